The van der Waals surface area contributed by atoms with Crippen LogP contribution in [0.15, 0.2) is 18.5 Å². The first-order valence-electron chi connectivity index (χ1n) is 7.52. The van der Waals surface area contributed by atoms with Gasteiger partial charge in [0.25, 0.3) is 0 Å². The predicted molar refractivity (Wildman–Crippen MR) is 73.5 cm³/mol. The van der Waals surface area contributed by atoms with E-state index in [9.17, 15) is 0 Å². The smallest absolute Gasteiger partial charge is 0.00430 e. The molecule has 2 N–H and O–H groups in total. The van der Waals surface area contributed by atoms with Gasteiger partial charge in [0.15, 0.2) is 0 Å². The molecule has 4 saturated carbocycles. The highest BCUT2D eigenvalue weighted by molar-refractivity contribution is 5.28. The Hall–Kier alpha value is -0.760. The molecule has 2 heteroatoms. The molecule has 4 fully saturated rings. The quantitative estimate of drug-likeness (QED) is 0.840. The Labute approximate surface area is 110 Å². The molecule has 0 aromatic carbocycles. The van der Waals surface area contributed by atoms with Crippen LogP contribution in [0.1, 0.15) is 44.1 Å². The SMILES string of the molecule is CNCC12CC3CC(C1)CC(c1cc[nH]c1)(C3)C2. The van der Waals surface area contributed by atoms with Gasteiger partial charge in [0.05, 0.1) is 0 Å². The van der Waals surface area contributed by atoms with Gasteiger partial charge in [-0.1, -0.05) is 0 Å². The maximum absolute atomic E-state index is 3.48. The summed E-state index contributed by atoms with van der Waals surface area (Å²) in [5.74, 6) is 1.99. The van der Waals surface area contributed by atoms with Crippen molar-refractivity contribution < 1.29 is 0 Å². The van der Waals surface area contributed by atoms with Crippen LogP contribution in [-0.4, -0.2) is 18.6 Å². The molecule has 4 bridgehead atoms. The van der Waals surface area contributed by atoms with Crippen molar-refractivity contribution in [2.45, 2.75) is 43.9 Å². The van der Waals surface area contributed by atoms with Crippen LogP contribution in [0.25, 0.3) is 0 Å². The molecule has 0 radical (unpaired) electrons. The van der Waals surface area contributed by atoms with Gasteiger partial charge in [-0.3, -0.25) is 0 Å². The van der Waals surface area contributed by atoms with Crippen molar-refractivity contribution in [2.75, 3.05) is 13.6 Å². The number of hydrogen-bond acceptors (Lipinski definition) is 1. The van der Waals surface area contributed by atoms with Crippen LogP contribution in [0.4, 0.5) is 0 Å². The fraction of sp³-hybridized carbons (Fsp3) is 0.750. The molecule has 0 spiro atoms. The first-order valence-corrected chi connectivity index (χ1v) is 7.52. The Bertz CT molecular complexity index is 420. The molecule has 1 aromatic rings. The number of nitrogens with one attached hydrogen (secondary N) is 2. The molecule has 4 aliphatic rings. The molecule has 18 heavy (non-hydrogen) atoms. The van der Waals surface area contributed by atoms with Gasteiger partial charge < -0.3 is 10.3 Å². The molecular weight excluding hydrogens is 220 g/mol. The van der Waals surface area contributed by atoms with Crippen LogP contribution in [0.3, 0.4) is 0 Å². The van der Waals surface area contributed by atoms with Gasteiger partial charge in [0.1, 0.15) is 0 Å². The largest absolute Gasteiger partial charge is 0.367 e. The van der Waals surface area contributed by atoms with Gasteiger partial charge >= 0.3 is 0 Å². The molecule has 1 heterocycles. The van der Waals surface area contributed by atoms with Crippen molar-refractivity contribution in [3.63, 3.8) is 0 Å². The van der Waals surface area contributed by atoms with Gasteiger partial charge in [0, 0.05) is 18.9 Å². The highest BCUT2D eigenvalue weighted by atomic mass is 14.8. The molecule has 2 nitrogen and oxygen atoms in total. The molecule has 2 unspecified atom stereocenters. The maximum Gasteiger partial charge on any atom is 0.00430 e. The van der Waals surface area contributed by atoms with Crippen LogP contribution in [0.5, 0.6) is 0 Å². The van der Waals surface area contributed by atoms with E-state index in [0.717, 1.165) is 11.8 Å². The molecule has 1 aromatic heterocycles. The number of H-pyrrole nitrogens is 1. The van der Waals surface area contributed by atoms with Crippen molar-refractivity contribution in [3.05, 3.63) is 24.0 Å². The van der Waals surface area contributed by atoms with E-state index in [4.69, 9.17) is 0 Å². The summed E-state index contributed by atoms with van der Waals surface area (Å²) >= 11 is 0. The van der Waals surface area contributed by atoms with Crippen LogP contribution in [0, 0.1) is 17.3 Å². The number of aromatic amines is 1. The second-order valence-electron chi connectivity index (χ2n) is 7.37. The minimum Gasteiger partial charge on any atom is -0.367 e. The zero-order valence-corrected chi connectivity index (χ0v) is 11.3. The molecule has 98 valence electrons. The van der Waals surface area contributed by atoms with Gasteiger partial charge in [-0.2, -0.15) is 0 Å². The Kier molecular flexibility index (Phi) is 2.24. The van der Waals surface area contributed by atoms with E-state index in [2.05, 4.69) is 35.8 Å². The maximum atomic E-state index is 3.48. The second-order valence-corrected chi connectivity index (χ2v) is 7.37. The highest BCUT2D eigenvalue weighted by Gasteiger charge is 2.57. The summed E-state index contributed by atoms with van der Waals surface area (Å²) in [5.41, 5.74) is 2.72. The second kappa shape index (κ2) is 3.63. The minimum atomic E-state index is 0.515. The monoisotopic (exact) mass is 244 g/mol. The Morgan fingerprint density at radius 2 is 2.06 bits per heavy atom. The van der Waals surface area contributed by atoms with Gasteiger partial charge in [-0.25, -0.2) is 0 Å². The van der Waals surface area contributed by atoms with Crippen LogP contribution < -0.4 is 5.32 Å². The van der Waals surface area contributed by atoms with Gasteiger partial charge in [0.2, 0.25) is 0 Å². The summed E-state index contributed by atoms with van der Waals surface area (Å²) < 4.78 is 0. The van der Waals surface area contributed by atoms with Crippen molar-refractivity contribution in [1.82, 2.24) is 10.3 Å². The van der Waals surface area contributed by atoms with E-state index in [1.165, 1.54) is 45.1 Å². The van der Waals surface area contributed by atoms with Crippen molar-refractivity contribution in [3.8, 4) is 0 Å². The van der Waals surface area contributed by atoms with E-state index >= 15 is 0 Å². The number of hydrogen-bond donors (Lipinski definition) is 2. The normalized spacial score (nSPS) is 45.6. The average Bonchev–Trinajstić information content (AvgIpc) is 2.80. The number of aromatic nitrogens is 1. The first kappa shape index (κ1) is 11.1. The number of rotatable bonds is 3. The zero-order chi connectivity index (χ0) is 12.2. The summed E-state index contributed by atoms with van der Waals surface area (Å²) in [7, 11) is 2.13. The van der Waals surface area contributed by atoms with Crippen LogP contribution in [0.2, 0.25) is 0 Å². The summed E-state index contributed by atoms with van der Waals surface area (Å²) in [6.07, 6.45) is 13.2. The molecule has 0 aliphatic heterocycles. The van der Waals surface area contributed by atoms with Crippen LogP contribution in [-0.2, 0) is 5.41 Å². The van der Waals surface area contributed by atoms with E-state index in [1.54, 1.807) is 5.56 Å². The van der Waals surface area contributed by atoms with Gasteiger partial charge in [-0.05, 0) is 79.9 Å². The summed E-state index contributed by atoms with van der Waals surface area (Å²) in [5, 5.41) is 3.48. The summed E-state index contributed by atoms with van der Waals surface area (Å²) in [6, 6.07) is 2.33. The lowest BCUT2D eigenvalue weighted by atomic mass is 9.43. The lowest BCUT2D eigenvalue weighted by Gasteiger charge is -2.62. The molecule has 2 atom stereocenters. The van der Waals surface area contributed by atoms with E-state index in [0.29, 0.717) is 10.8 Å². The lowest BCUT2D eigenvalue weighted by Crippen LogP contribution is -2.56. The van der Waals surface area contributed by atoms with Gasteiger partial charge in [-0.15, -0.1) is 0 Å². The first-order chi connectivity index (χ1) is 8.74. The lowest BCUT2D eigenvalue weighted by molar-refractivity contribution is -0.0698. The average molecular weight is 244 g/mol. The zero-order valence-electron chi connectivity index (χ0n) is 11.3. The van der Waals surface area contributed by atoms with Crippen LogP contribution >= 0.6 is 0 Å². The Morgan fingerprint density at radius 1 is 1.28 bits per heavy atom. The Balaban J connectivity index is 1.74. The minimum absolute atomic E-state index is 0.515. The molecule has 5 rings (SSSR count). The standard InChI is InChI=1S/C16H24N2/c1-17-11-15-5-12-4-13(6-15)8-16(7-12,10-15)14-2-3-18-9-14/h2-3,9,12-13,17-18H,4-8,10-11H2,1H3. The fourth-order valence-electron chi connectivity index (χ4n) is 6.03. The third-order valence-corrected chi connectivity index (χ3v) is 5.94. The summed E-state index contributed by atoms with van der Waals surface area (Å²) in [4.78, 5) is 3.28. The molecule has 0 amide bonds. The predicted octanol–water partition coefficient (Wildman–Crippen LogP) is 3.07. The third-order valence-electron chi connectivity index (χ3n) is 5.94. The highest BCUT2D eigenvalue weighted by Crippen LogP contribution is 2.65. The van der Waals surface area contributed by atoms with Crippen molar-refractivity contribution in [1.29, 1.82) is 0 Å². The van der Waals surface area contributed by atoms with Crippen molar-refractivity contribution >= 4 is 0 Å². The topological polar surface area (TPSA) is 27.8 Å². The summed E-state index contributed by atoms with van der Waals surface area (Å²) in [6.45, 7) is 1.23. The third kappa shape index (κ3) is 1.45. The fourth-order valence-corrected chi connectivity index (χ4v) is 6.03. The Morgan fingerprint density at radius 3 is 2.67 bits per heavy atom. The van der Waals surface area contributed by atoms with Crippen molar-refractivity contribution in [2.24, 2.45) is 17.3 Å². The van der Waals surface area contributed by atoms with E-state index in [-0.39, 0.29) is 0 Å². The van der Waals surface area contributed by atoms with E-state index < -0.39 is 0 Å². The van der Waals surface area contributed by atoms with E-state index in [1.807, 2.05) is 0 Å². The molecule has 4 aliphatic carbocycles. The molecule has 0 saturated heterocycles. The molecular formula is C16H24N2.